The minimum atomic E-state index is -1.71. The SMILES string of the molecule is CC[C@](O)(c1ccc(-c2ccc(OC)nc2)nc1)[C@H](CCn1nnc2cc(C)ccc2c1=O)C(=O)O. The summed E-state index contributed by atoms with van der Waals surface area (Å²) in [6.45, 7) is 3.59. The number of pyridine rings is 2. The highest BCUT2D eigenvalue weighted by atomic mass is 16.5. The van der Waals surface area contributed by atoms with Crippen molar-refractivity contribution in [2.24, 2.45) is 5.92 Å². The number of hydrogen-bond acceptors (Lipinski definition) is 8. The van der Waals surface area contributed by atoms with Crippen LogP contribution in [0.2, 0.25) is 0 Å². The summed E-state index contributed by atoms with van der Waals surface area (Å²) >= 11 is 0. The Labute approximate surface area is 207 Å². The molecule has 3 aromatic heterocycles. The van der Waals surface area contributed by atoms with Crippen molar-refractivity contribution >= 4 is 16.9 Å². The van der Waals surface area contributed by atoms with Crippen molar-refractivity contribution in [3.63, 3.8) is 0 Å². The van der Waals surface area contributed by atoms with Gasteiger partial charge in [-0.3, -0.25) is 14.6 Å². The number of methoxy groups -OCH3 is 1. The molecule has 10 heteroatoms. The van der Waals surface area contributed by atoms with Gasteiger partial charge >= 0.3 is 5.97 Å². The lowest BCUT2D eigenvalue weighted by atomic mass is 9.78. The zero-order valence-electron chi connectivity index (χ0n) is 20.3. The van der Waals surface area contributed by atoms with Crippen LogP contribution in [0, 0.1) is 12.8 Å². The summed E-state index contributed by atoms with van der Waals surface area (Å²) in [4.78, 5) is 33.7. The van der Waals surface area contributed by atoms with Crippen LogP contribution in [-0.4, -0.2) is 48.3 Å². The van der Waals surface area contributed by atoms with E-state index in [-0.39, 0.29) is 24.9 Å². The Morgan fingerprint density at radius 1 is 1.14 bits per heavy atom. The number of ether oxygens (including phenoxy) is 1. The maximum absolute atomic E-state index is 12.9. The molecule has 0 saturated carbocycles. The first-order valence-corrected chi connectivity index (χ1v) is 11.5. The fourth-order valence-electron chi connectivity index (χ4n) is 4.28. The van der Waals surface area contributed by atoms with Gasteiger partial charge in [0.25, 0.3) is 5.56 Å². The molecule has 0 unspecified atom stereocenters. The van der Waals surface area contributed by atoms with Gasteiger partial charge in [0.15, 0.2) is 0 Å². The van der Waals surface area contributed by atoms with Crippen LogP contribution in [0.5, 0.6) is 5.88 Å². The monoisotopic (exact) mass is 489 g/mol. The third-order valence-corrected chi connectivity index (χ3v) is 6.43. The molecule has 4 rings (SSSR count). The van der Waals surface area contributed by atoms with Gasteiger partial charge in [-0.05, 0) is 49.6 Å². The number of fused-ring (bicyclic) bond motifs is 1. The summed E-state index contributed by atoms with van der Waals surface area (Å²) in [7, 11) is 1.53. The van der Waals surface area contributed by atoms with Gasteiger partial charge in [-0.2, -0.15) is 0 Å². The number of nitrogens with zero attached hydrogens (tertiary/aromatic N) is 5. The first kappa shape index (κ1) is 24.9. The van der Waals surface area contributed by atoms with Gasteiger partial charge in [-0.1, -0.05) is 24.3 Å². The number of benzene rings is 1. The van der Waals surface area contributed by atoms with Crippen LogP contribution < -0.4 is 10.3 Å². The van der Waals surface area contributed by atoms with Crippen molar-refractivity contribution in [3.8, 4) is 17.1 Å². The molecule has 2 N–H and O–H groups in total. The Morgan fingerprint density at radius 3 is 2.56 bits per heavy atom. The van der Waals surface area contributed by atoms with Crippen molar-refractivity contribution in [1.29, 1.82) is 0 Å². The van der Waals surface area contributed by atoms with Crippen molar-refractivity contribution in [1.82, 2.24) is 25.0 Å². The Balaban J connectivity index is 1.59. The molecule has 1 aromatic carbocycles. The highest BCUT2D eigenvalue weighted by Crippen LogP contribution is 2.36. The lowest BCUT2D eigenvalue weighted by Crippen LogP contribution is -2.41. The van der Waals surface area contributed by atoms with Crippen LogP contribution in [0.4, 0.5) is 0 Å². The van der Waals surface area contributed by atoms with E-state index in [1.54, 1.807) is 43.5 Å². The summed E-state index contributed by atoms with van der Waals surface area (Å²) in [5.41, 5.74) is 1.11. The standard InChI is InChI=1S/C26H27N5O5/c1-4-26(35,18-7-9-21(27-15-18)17-6-10-23(36-3)28-14-17)20(25(33)34)11-12-31-24(32)19-8-5-16(2)13-22(19)29-30-31/h5-10,13-15,20,35H,4,11-12H2,1-3H3,(H,33,34)/t20-,26+/m1/s1. The number of carboxylic acid groups (broad SMARTS) is 1. The summed E-state index contributed by atoms with van der Waals surface area (Å²) in [5, 5.41) is 30.0. The molecule has 0 bridgehead atoms. The predicted octanol–water partition coefficient (Wildman–Crippen LogP) is 2.95. The average Bonchev–Trinajstić information content (AvgIpc) is 2.89. The Hall–Kier alpha value is -4.18. The normalized spacial score (nSPS) is 13.8. The Kier molecular flexibility index (Phi) is 7.07. The van der Waals surface area contributed by atoms with Crippen LogP contribution in [-0.2, 0) is 16.9 Å². The molecular weight excluding hydrogens is 462 g/mol. The molecular formula is C26H27N5O5. The van der Waals surface area contributed by atoms with E-state index in [1.807, 2.05) is 19.1 Å². The molecule has 0 saturated heterocycles. The fraction of sp³-hybridized carbons (Fsp3) is 0.308. The third-order valence-electron chi connectivity index (χ3n) is 6.43. The molecule has 0 fully saturated rings. The van der Waals surface area contributed by atoms with Gasteiger partial charge in [-0.25, -0.2) is 9.67 Å². The zero-order chi connectivity index (χ0) is 25.9. The van der Waals surface area contributed by atoms with E-state index in [2.05, 4.69) is 20.3 Å². The van der Waals surface area contributed by atoms with Gasteiger partial charge in [0.1, 0.15) is 11.1 Å². The van der Waals surface area contributed by atoms with Crippen LogP contribution in [0.25, 0.3) is 22.2 Å². The average molecular weight is 490 g/mol. The molecule has 36 heavy (non-hydrogen) atoms. The zero-order valence-corrected chi connectivity index (χ0v) is 20.3. The lowest BCUT2D eigenvalue weighted by molar-refractivity contribution is -0.154. The van der Waals surface area contributed by atoms with E-state index in [4.69, 9.17) is 4.74 Å². The van der Waals surface area contributed by atoms with Crippen LogP contribution in [0.3, 0.4) is 0 Å². The van der Waals surface area contributed by atoms with Crippen LogP contribution in [0.1, 0.15) is 30.9 Å². The first-order chi connectivity index (χ1) is 17.3. The number of carboxylic acids is 1. The quantitative estimate of drug-likeness (QED) is 0.363. The van der Waals surface area contributed by atoms with E-state index < -0.39 is 17.5 Å². The highest BCUT2D eigenvalue weighted by Gasteiger charge is 2.42. The van der Waals surface area contributed by atoms with Gasteiger partial charge in [-0.15, -0.1) is 5.10 Å². The maximum Gasteiger partial charge on any atom is 0.309 e. The van der Waals surface area contributed by atoms with Crippen molar-refractivity contribution in [3.05, 3.63) is 76.3 Å². The molecule has 3 heterocycles. The predicted molar refractivity (Wildman–Crippen MR) is 132 cm³/mol. The molecule has 4 aromatic rings. The number of carbonyl (C=O) groups is 1. The number of aliphatic carboxylic acids is 1. The van der Waals surface area contributed by atoms with Crippen molar-refractivity contribution in [2.75, 3.05) is 7.11 Å². The summed E-state index contributed by atoms with van der Waals surface area (Å²) in [6, 6.07) is 12.2. The second-order valence-electron chi connectivity index (χ2n) is 8.62. The molecule has 2 atom stereocenters. The van der Waals surface area contributed by atoms with Gasteiger partial charge in [0.05, 0.1) is 24.1 Å². The Bertz CT molecular complexity index is 1440. The number of aromatic nitrogens is 5. The highest BCUT2D eigenvalue weighted by molar-refractivity contribution is 5.77. The first-order valence-electron chi connectivity index (χ1n) is 11.5. The Morgan fingerprint density at radius 2 is 1.94 bits per heavy atom. The lowest BCUT2D eigenvalue weighted by Gasteiger charge is -2.33. The number of aliphatic hydroxyl groups is 1. The van der Waals surface area contributed by atoms with E-state index in [0.717, 1.165) is 15.8 Å². The van der Waals surface area contributed by atoms with E-state index in [9.17, 15) is 19.8 Å². The van der Waals surface area contributed by atoms with E-state index >= 15 is 0 Å². The summed E-state index contributed by atoms with van der Waals surface area (Å²) < 4.78 is 6.21. The fourth-order valence-corrected chi connectivity index (χ4v) is 4.28. The molecule has 0 radical (unpaired) electrons. The second kappa shape index (κ2) is 10.2. The van der Waals surface area contributed by atoms with Gasteiger partial charge in [0.2, 0.25) is 5.88 Å². The smallest absolute Gasteiger partial charge is 0.309 e. The van der Waals surface area contributed by atoms with Crippen molar-refractivity contribution < 1.29 is 19.7 Å². The minimum absolute atomic E-state index is 0.0159. The summed E-state index contributed by atoms with van der Waals surface area (Å²) in [6.07, 6.45) is 3.20. The van der Waals surface area contributed by atoms with Crippen LogP contribution in [0.15, 0.2) is 59.7 Å². The topological polar surface area (TPSA) is 140 Å². The van der Waals surface area contributed by atoms with Crippen LogP contribution >= 0.6 is 0 Å². The summed E-state index contributed by atoms with van der Waals surface area (Å²) in [5.74, 6) is -1.91. The van der Waals surface area contributed by atoms with E-state index in [1.165, 1.54) is 13.3 Å². The van der Waals surface area contributed by atoms with Crippen molar-refractivity contribution in [2.45, 2.75) is 38.8 Å². The molecule has 0 aliphatic heterocycles. The third kappa shape index (κ3) is 4.80. The molecule has 0 amide bonds. The minimum Gasteiger partial charge on any atom is -0.481 e. The number of aryl methyl sites for hydroxylation is 2. The number of hydrogen-bond donors (Lipinski definition) is 2. The molecule has 0 aliphatic carbocycles. The molecule has 0 spiro atoms. The molecule has 186 valence electrons. The van der Waals surface area contributed by atoms with E-state index in [0.29, 0.717) is 28.0 Å². The largest absolute Gasteiger partial charge is 0.481 e. The molecule has 10 nitrogen and oxygen atoms in total. The second-order valence-corrected chi connectivity index (χ2v) is 8.62. The number of rotatable bonds is 9. The maximum atomic E-state index is 12.9. The molecule has 0 aliphatic rings. The van der Waals surface area contributed by atoms with Gasteiger partial charge in [0, 0.05) is 36.1 Å². The van der Waals surface area contributed by atoms with Gasteiger partial charge < -0.3 is 14.9 Å².